The Morgan fingerprint density at radius 2 is 2.33 bits per heavy atom. The summed E-state index contributed by atoms with van der Waals surface area (Å²) < 4.78 is 5.34. The predicted octanol–water partition coefficient (Wildman–Crippen LogP) is 2.15. The van der Waals surface area contributed by atoms with E-state index in [1.165, 1.54) is 19.3 Å². The standard InChI is InChI=1S/C12H18N2O/c1-13-11(9-5-3-6-9)12-10(15-2)7-4-8-14-12/h4,7-9,11,13H,3,5-6H2,1-2H3. The van der Waals surface area contributed by atoms with Crippen LogP contribution in [0.5, 0.6) is 5.75 Å². The van der Waals surface area contributed by atoms with Crippen molar-refractivity contribution in [2.24, 2.45) is 5.92 Å². The first kappa shape index (κ1) is 10.4. The minimum atomic E-state index is 0.343. The van der Waals surface area contributed by atoms with Gasteiger partial charge in [-0.15, -0.1) is 0 Å². The summed E-state index contributed by atoms with van der Waals surface area (Å²) >= 11 is 0. The van der Waals surface area contributed by atoms with Crippen molar-refractivity contribution < 1.29 is 4.74 Å². The van der Waals surface area contributed by atoms with E-state index in [0.29, 0.717) is 6.04 Å². The summed E-state index contributed by atoms with van der Waals surface area (Å²) in [6.45, 7) is 0. The van der Waals surface area contributed by atoms with Crippen molar-refractivity contribution in [2.45, 2.75) is 25.3 Å². The van der Waals surface area contributed by atoms with Gasteiger partial charge in [0.1, 0.15) is 5.75 Å². The third-order valence-corrected chi connectivity index (χ3v) is 3.25. The second kappa shape index (κ2) is 4.62. The predicted molar refractivity (Wildman–Crippen MR) is 59.9 cm³/mol. The Balaban J connectivity index is 2.24. The van der Waals surface area contributed by atoms with E-state index in [9.17, 15) is 0 Å². The molecule has 0 saturated heterocycles. The van der Waals surface area contributed by atoms with E-state index < -0.39 is 0 Å². The SMILES string of the molecule is CNC(c1ncccc1OC)C1CCC1. The third kappa shape index (κ3) is 1.97. The summed E-state index contributed by atoms with van der Waals surface area (Å²) in [6.07, 6.45) is 5.77. The first-order chi connectivity index (χ1) is 7.36. The number of ether oxygens (including phenoxy) is 1. The molecular weight excluding hydrogens is 188 g/mol. The molecule has 1 N–H and O–H groups in total. The molecule has 1 fully saturated rings. The zero-order chi connectivity index (χ0) is 10.7. The second-order valence-electron chi connectivity index (χ2n) is 4.05. The molecule has 82 valence electrons. The number of hydrogen-bond donors (Lipinski definition) is 1. The van der Waals surface area contributed by atoms with Gasteiger partial charge < -0.3 is 10.1 Å². The Labute approximate surface area is 90.9 Å². The van der Waals surface area contributed by atoms with E-state index in [-0.39, 0.29) is 0 Å². The number of hydrogen-bond acceptors (Lipinski definition) is 3. The molecule has 2 rings (SSSR count). The summed E-state index contributed by atoms with van der Waals surface area (Å²) in [5, 5.41) is 3.35. The van der Waals surface area contributed by atoms with Crippen molar-refractivity contribution in [3.8, 4) is 5.75 Å². The zero-order valence-electron chi connectivity index (χ0n) is 9.36. The monoisotopic (exact) mass is 206 g/mol. The van der Waals surface area contributed by atoms with Crippen molar-refractivity contribution in [3.63, 3.8) is 0 Å². The fraction of sp³-hybridized carbons (Fsp3) is 0.583. The Morgan fingerprint density at radius 1 is 1.53 bits per heavy atom. The molecule has 1 unspecified atom stereocenters. The van der Waals surface area contributed by atoms with Gasteiger partial charge in [-0.2, -0.15) is 0 Å². The topological polar surface area (TPSA) is 34.2 Å². The molecule has 1 atom stereocenters. The zero-order valence-corrected chi connectivity index (χ0v) is 9.36. The molecule has 1 aromatic heterocycles. The van der Waals surface area contributed by atoms with Gasteiger partial charge in [0.25, 0.3) is 0 Å². The second-order valence-corrected chi connectivity index (χ2v) is 4.05. The summed E-state index contributed by atoms with van der Waals surface area (Å²) in [5.74, 6) is 1.61. The molecule has 1 saturated carbocycles. The van der Waals surface area contributed by atoms with Crippen LogP contribution in [0, 0.1) is 5.92 Å². The Hall–Kier alpha value is -1.09. The van der Waals surface area contributed by atoms with E-state index in [1.54, 1.807) is 7.11 Å². The van der Waals surface area contributed by atoms with Gasteiger partial charge in [0, 0.05) is 6.20 Å². The molecule has 1 aliphatic rings. The fourth-order valence-electron chi connectivity index (χ4n) is 2.18. The molecule has 0 aromatic carbocycles. The number of aromatic nitrogens is 1. The van der Waals surface area contributed by atoms with Crippen LogP contribution in [0.2, 0.25) is 0 Å². The summed E-state index contributed by atoms with van der Waals surface area (Å²) in [6, 6.07) is 4.23. The first-order valence-corrected chi connectivity index (χ1v) is 5.53. The summed E-state index contributed by atoms with van der Waals surface area (Å²) in [5.41, 5.74) is 1.05. The molecule has 1 heterocycles. The lowest BCUT2D eigenvalue weighted by molar-refractivity contribution is 0.231. The van der Waals surface area contributed by atoms with E-state index in [4.69, 9.17) is 4.74 Å². The van der Waals surface area contributed by atoms with E-state index in [0.717, 1.165) is 17.4 Å². The molecule has 0 bridgehead atoms. The van der Waals surface area contributed by atoms with Crippen molar-refractivity contribution in [1.82, 2.24) is 10.3 Å². The number of nitrogens with zero attached hydrogens (tertiary/aromatic N) is 1. The summed E-state index contributed by atoms with van der Waals surface area (Å²) in [7, 11) is 3.70. The van der Waals surface area contributed by atoms with Gasteiger partial charge in [0.2, 0.25) is 0 Å². The average Bonchev–Trinajstić information content (AvgIpc) is 2.23. The Morgan fingerprint density at radius 3 is 2.87 bits per heavy atom. The maximum Gasteiger partial charge on any atom is 0.141 e. The number of methoxy groups -OCH3 is 1. The van der Waals surface area contributed by atoms with E-state index >= 15 is 0 Å². The average molecular weight is 206 g/mol. The normalized spacial score (nSPS) is 18.3. The third-order valence-electron chi connectivity index (χ3n) is 3.25. The highest BCUT2D eigenvalue weighted by atomic mass is 16.5. The lowest BCUT2D eigenvalue weighted by atomic mass is 9.78. The van der Waals surface area contributed by atoms with Crippen LogP contribution in [0.25, 0.3) is 0 Å². The molecule has 15 heavy (non-hydrogen) atoms. The quantitative estimate of drug-likeness (QED) is 0.819. The van der Waals surface area contributed by atoms with Crippen LogP contribution in [0.4, 0.5) is 0 Å². The van der Waals surface area contributed by atoms with Crippen molar-refractivity contribution in [3.05, 3.63) is 24.0 Å². The first-order valence-electron chi connectivity index (χ1n) is 5.53. The Kier molecular flexibility index (Phi) is 3.21. The number of nitrogens with one attached hydrogen (secondary N) is 1. The van der Waals surface area contributed by atoms with Crippen LogP contribution in [-0.4, -0.2) is 19.1 Å². The lowest BCUT2D eigenvalue weighted by Crippen LogP contribution is -2.30. The Bertz CT molecular complexity index is 323. The van der Waals surface area contributed by atoms with Crippen LogP contribution >= 0.6 is 0 Å². The van der Waals surface area contributed by atoms with Gasteiger partial charge >= 0.3 is 0 Å². The van der Waals surface area contributed by atoms with Gasteiger partial charge in [-0.25, -0.2) is 0 Å². The minimum Gasteiger partial charge on any atom is -0.495 e. The maximum atomic E-state index is 5.34. The van der Waals surface area contributed by atoms with Gasteiger partial charge in [0.15, 0.2) is 0 Å². The van der Waals surface area contributed by atoms with E-state index in [2.05, 4.69) is 10.3 Å². The molecule has 3 heteroatoms. The van der Waals surface area contributed by atoms with Crippen molar-refractivity contribution in [1.29, 1.82) is 0 Å². The van der Waals surface area contributed by atoms with Crippen molar-refractivity contribution >= 4 is 0 Å². The molecule has 0 radical (unpaired) electrons. The minimum absolute atomic E-state index is 0.343. The highest BCUT2D eigenvalue weighted by Gasteiger charge is 2.29. The van der Waals surface area contributed by atoms with Crippen LogP contribution in [0.1, 0.15) is 31.0 Å². The smallest absolute Gasteiger partial charge is 0.141 e. The molecule has 1 aliphatic carbocycles. The van der Waals surface area contributed by atoms with Gasteiger partial charge in [-0.3, -0.25) is 4.98 Å². The van der Waals surface area contributed by atoms with Crippen LogP contribution in [0.3, 0.4) is 0 Å². The molecule has 0 spiro atoms. The molecular formula is C12H18N2O. The number of rotatable bonds is 4. The lowest BCUT2D eigenvalue weighted by Gasteiger charge is -2.33. The molecule has 0 aliphatic heterocycles. The molecule has 1 aromatic rings. The van der Waals surface area contributed by atoms with Crippen LogP contribution in [-0.2, 0) is 0 Å². The maximum absolute atomic E-state index is 5.34. The van der Waals surface area contributed by atoms with Crippen LogP contribution < -0.4 is 10.1 Å². The van der Waals surface area contributed by atoms with Crippen molar-refractivity contribution in [2.75, 3.05) is 14.2 Å². The van der Waals surface area contributed by atoms with Gasteiger partial charge in [-0.05, 0) is 37.9 Å². The highest BCUT2D eigenvalue weighted by Crippen LogP contribution is 2.39. The van der Waals surface area contributed by atoms with Gasteiger partial charge in [-0.1, -0.05) is 6.42 Å². The largest absolute Gasteiger partial charge is 0.495 e. The molecule has 3 nitrogen and oxygen atoms in total. The summed E-state index contributed by atoms with van der Waals surface area (Å²) in [4.78, 5) is 4.44. The fourth-order valence-corrected chi connectivity index (χ4v) is 2.18. The highest BCUT2D eigenvalue weighted by molar-refractivity contribution is 5.30. The number of pyridine rings is 1. The van der Waals surface area contributed by atoms with Gasteiger partial charge in [0.05, 0.1) is 18.8 Å². The van der Waals surface area contributed by atoms with E-state index in [1.807, 2.05) is 25.4 Å². The van der Waals surface area contributed by atoms with Crippen LogP contribution in [0.15, 0.2) is 18.3 Å². The molecule has 0 amide bonds.